The number of methoxy groups -OCH3 is 1. The second-order valence-electron chi connectivity index (χ2n) is 6.44. The largest absolute Gasteiger partial charge is 0.497 e. The minimum Gasteiger partial charge on any atom is -0.497 e. The lowest BCUT2D eigenvalue weighted by atomic mass is 10.1. The van der Waals surface area contributed by atoms with Gasteiger partial charge in [-0.1, -0.05) is 12.1 Å². The lowest BCUT2D eigenvalue weighted by Gasteiger charge is -2.08. The zero-order valence-electron chi connectivity index (χ0n) is 16.4. The zero-order valence-corrected chi connectivity index (χ0v) is 16.4. The van der Waals surface area contributed by atoms with Gasteiger partial charge in [-0.15, -0.1) is 0 Å². The summed E-state index contributed by atoms with van der Waals surface area (Å²) >= 11 is 0. The predicted octanol–water partition coefficient (Wildman–Crippen LogP) is 3.73. The smallest absolute Gasteiger partial charge is 0.251 e. The van der Waals surface area contributed by atoms with Crippen molar-refractivity contribution in [1.82, 2.24) is 15.1 Å². The van der Waals surface area contributed by atoms with Crippen LogP contribution in [-0.4, -0.2) is 22.8 Å². The Morgan fingerprint density at radius 2 is 1.75 bits per heavy atom. The molecule has 1 amide bonds. The standard InChI is InChI=1S/C22H25N3O3/c1-4-25-14-19(16(2)24-25)13-23-22(26)18-7-5-17(6-8-18)15-28-21-11-9-20(27-3)10-12-21/h5-12,14H,4,13,15H2,1-3H3,(H,23,26). The van der Waals surface area contributed by atoms with Gasteiger partial charge < -0.3 is 14.8 Å². The summed E-state index contributed by atoms with van der Waals surface area (Å²) in [5.74, 6) is 1.46. The van der Waals surface area contributed by atoms with Gasteiger partial charge in [0.05, 0.1) is 12.8 Å². The molecular formula is C22H25N3O3. The van der Waals surface area contributed by atoms with E-state index < -0.39 is 0 Å². The summed E-state index contributed by atoms with van der Waals surface area (Å²) in [6, 6.07) is 14.9. The fourth-order valence-electron chi connectivity index (χ4n) is 2.76. The highest BCUT2D eigenvalue weighted by molar-refractivity contribution is 5.94. The number of amides is 1. The molecule has 3 rings (SSSR count). The molecule has 1 N–H and O–H groups in total. The highest BCUT2D eigenvalue weighted by Crippen LogP contribution is 2.18. The van der Waals surface area contributed by atoms with Crippen molar-refractivity contribution >= 4 is 5.91 Å². The first-order valence-corrected chi connectivity index (χ1v) is 9.26. The van der Waals surface area contributed by atoms with E-state index in [1.165, 1.54) is 0 Å². The molecule has 0 spiro atoms. The van der Waals surface area contributed by atoms with Crippen LogP contribution in [0, 0.1) is 6.92 Å². The number of nitrogens with one attached hydrogen (secondary N) is 1. The average molecular weight is 379 g/mol. The molecule has 0 fully saturated rings. The number of benzene rings is 2. The second kappa shape index (κ2) is 9.08. The van der Waals surface area contributed by atoms with Crippen LogP contribution in [-0.2, 0) is 19.7 Å². The molecule has 0 saturated carbocycles. The summed E-state index contributed by atoms with van der Waals surface area (Å²) in [6.07, 6.45) is 1.97. The van der Waals surface area contributed by atoms with Gasteiger partial charge in [-0.05, 0) is 55.8 Å². The monoisotopic (exact) mass is 379 g/mol. The maximum atomic E-state index is 12.4. The van der Waals surface area contributed by atoms with Crippen LogP contribution >= 0.6 is 0 Å². The molecule has 3 aromatic rings. The molecule has 0 atom stereocenters. The van der Waals surface area contributed by atoms with Crippen molar-refractivity contribution in [3.63, 3.8) is 0 Å². The van der Waals surface area contributed by atoms with Crippen molar-refractivity contribution in [2.45, 2.75) is 33.5 Å². The van der Waals surface area contributed by atoms with Crippen LogP contribution in [0.4, 0.5) is 0 Å². The third-order valence-electron chi connectivity index (χ3n) is 4.49. The summed E-state index contributed by atoms with van der Waals surface area (Å²) in [6.45, 7) is 5.70. The topological polar surface area (TPSA) is 65.4 Å². The lowest BCUT2D eigenvalue weighted by molar-refractivity contribution is 0.0951. The molecule has 28 heavy (non-hydrogen) atoms. The summed E-state index contributed by atoms with van der Waals surface area (Å²) in [5.41, 5.74) is 3.58. The Morgan fingerprint density at radius 1 is 1.07 bits per heavy atom. The number of aryl methyl sites for hydroxylation is 2. The van der Waals surface area contributed by atoms with Crippen LogP contribution in [0.3, 0.4) is 0 Å². The molecule has 0 saturated heterocycles. The van der Waals surface area contributed by atoms with Crippen molar-refractivity contribution in [1.29, 1.82) is 0 Å². The van der Waals surface area contributed by atoms with Crippen molar-refractivity contribution < 1.29 is 14.3 Å². The van der Waals surface area contributed by atoms with Gasteiger partial charge in [-0.2, -0.15) is 5.10 Å². The molecule has 146 valence electrons. The van der Waals surface area contributed by atoms with Crippen LogP contribution in [0.15, 0.2) is 54.7 Å². The SMILES string of the molecule is CCn1cc(CNC(=O)c2ccc(COc3ccc(OC)cc3)cc2)c(C)n1. The maximum Gasteiger partial charge on any atom is 0.251 e. The second-order valence-corrected chi connectivity index (χ2v) is 6.44. The number of nitrogens with zero attached hydrogens (tertiary/aromatic N) is 2. The normalized spacial score (nSPS) is 10.5. The molecule has 0 aliphatic heterocycles. The van der Waals surface area contributed by atoms with E-state index in [1.54, 1.807) is 7.11 Å². The van der Waals surface area contributed by atoms with Gasteiger partial charge in [-0.25, -0.2) is 0 Å². The first-order valence-electron chi connectivity index (χ1n) is 9.26. The van der Waals surface area contributed by atoms with E-state index in [0.29, 0.717) is 18.7 Å². The molecular weight excluding hydrogens is 354 g/mol. The van der Waals surface area contributed by atoms with Crippen molar-refractivity contribution in [2.75, 3.05) is 7.11 Å². The molecule has 1 heterocycles. The van der Waals surface area contributed by atoms with E-state index in [9.17, 15) is 4.79 Å². The third-order valence-corrected chi connectivity index (χ3v) is 4.49. The quantitative estimate of drug-likeness (QED) is 0.648. The van der Waals surface area contributed by atoms with Crippen molar-refractivity contribution in [3.8, 4) is 11.5 Å². The molecule has 0 bridgehead atoms. The molecule has 2 aromatic carbocycles. The molecule has 0 aliphatic carbocycles. The Bertz CT molecular complexity index is 915. The predicted molar refractivity (Wildman–Crippen MR) is 108 cm³/mol. The van der Waals surface area contributed by atoms with E-state index in [-0.39, 0.29) is 5.91 Å². The maximum absolute atomic E-state index is 12.4. The summed E-state index contributed by atoms with van der Waals surface area (Å²) in [7, 11) is 1.63. The number of hydrogen-bond acceptors (Lipinski definition) is 4. The molecule has 1 aromatic heterocycles. The first-order chi connectivity index (χ1) is 13.6. The highest BCUT2D eigenvalue weighted by Gasteiger charge is 2.09. The van der Waals surface area contributed by atoms with E-state index in [2.05, 4.69) is 10.4 Å². The fourth-order valence-corrected chi connectivity index (χ4v) is 2.76. The Balaban J connectivity index is 1.52. The fraction of sp³-hybridized carbons (Fsp3) is 0.273. The first kappa shape index (κ1) is 19.5. The zero-order chi connectivity index (χ0) is 19.9. The minimum absolute atomic E-state index is 0.105. The van der Waals surface area contributed by atoms with E-state index in [4.69, 9.17) is 9.47 Å². The number of rotatable bonds is 8. The summed E-state index contributed by atoms with van der Waals surface area (Å²) < 4.78 is 12.8. The van der Waals surface area contributed by atoms with E-state index >= 15 is 0 Å². The van der Waals surface area contributed by atoms with Crippen molar-refractivity contribution in [3.05, 3.63) is 77.1 Å². The highest BCUT2D eigenvalue weighted by atomic mass is 16.5. The van der Waals surface area contributed by atoms with Crippen LogP contribution in [0.25, 0.3) is 0 Å². The van der Waals surface area contributed by atoms with Gasteiger partial charge in [0.15, 0.2) is 0 Å². The number of ether oxygens (including phenoxy) is 2. The van der Waals surface area contributed by atoms with Gasteiger partial charge in [0, 0.05) is 30.4 Å². The molecule has 6 nitrogen and oxygen atoms in total. The molecule has 0 unspecified atom stereocenters. The number of carbonyl (C=O) groups excluding carboxylic acids is 1. The lowest BCUT2D eigenvalue weighted by Crippen LogP contribution is -2.22. The molecule has 0 aliphatic rings. The van der Waals surface area contributed by atoms with Gasteiger partial charge in [0.25, 0.3) is 5.91 Å². The van der Waals surface area contributed by atoms with Crippen LogP contribution < -0.4 is 14.8 Å². The number of carbonyl (C=O) groups is 1. The van der Waals surface area contributed by atoms with Gasteiger partial charge in [-0.3, -0.25) is 9.48 Å². The summed E-state index contributed by atoms with van der Waals surface area (Å²) in [4.78, 5) is 12.4. The molecule has 6 heteroatoms. The number of hydrogen-bond donors (Lipinski definition) is 1. The summed E-state index contributed by atoms with van der Waals surface area (Å²) in [5, 5.41) is 7.34. The van der Waals surface area contributed by atoms with Crippen LogP contribution in [0.1, 0.15) is 34.1 Å². The molecule has 0 radical (unpaired) electrons. The average Bonchev–Trinajstić information content (AvgIpc) is 3.11. The Morgan fingerprint density at radius 3 is 2.36 bits per heavy atom. The van der Waals surface area contributed by atoms with Gasteiger partial charge in [0.2, 0.25) is 0 Å². The number of aromatic nitrogens is 2. The Hall–Kier alpha value is -3.28. The van der Waals surface area contributed by atoms with Crippen molar-refractivity contribution in [2.24, 2.45) is 0 Å². The van der Waals surface area contributed by atoms with Gasteiger partial charge in [0.1, 0.15) is 18.1 Å². The Labute approximate surface area is 165 Å². The van der Waals surface area contributed by atoms with Crippen LogP contribution in [0.5, 0.6) is 11.5 Å². The van der Waals surface area contributed by atoms with Gasteiger partial charge >= 0.3 is 0 Å². The third kappa shape index (κ3) is 4.91. The van der Waals surface area contributed by atoms with E-state index in [1.807, 2.05) is 73.3 Å². The van der Waals surface area contributed by atoms with E-state index in [0.717, 1.165) is 34.9 Å². The minimum atomic E-state index is -0.105. The van der Waals surface area contributed by atoms with Crippen LogP contribution in [0.2, 0.25) is 0 Å². The Kier molecular flexibility index (Phi) is 6.32.